The molecule has 1 rings (SSSR count). The van der Waals surface area contributed by atoms with Gasteiger partial charge in [0.25, 0.3) is 0 Å². The summed E-state index contributed by atoms with van der Waals surface area (Å²) in [5, 5.41) is 53.9. The van der Waals surface area contributed by atoms with Crippen molar-refractivity contribution in [3.8, 4) is 0 Å². The van der Waals surface area contributed by atoms with Crippen molar-refractivity contribution in [1.82, 2.24) is 5.32 Å². The van der Waals surface area contributed by atoms with E-state index in [-0.39, 0.29) is 12.5 Å². The van der Waals surface area contributed by atoms with Crippen molar-refractivity contribution in [1.29, 1.82) is 0 Å². The molecule has 0 aliphatic carbocycles. The second kappa shape index (κ2) is 32.6. The van der Waals surface area contributed by atoms with Crippen LogP contribution in [0.1, 0.15) is 187 Å². The first-order valence-corrected chi connectivity index (χ1v) is 20.9. The monoisotopic (exact) mass is 714 g/mol. The average Bonchev–Trinajstić information content (AvgIpc) is 3.11. The van der Waals surface area contributed by atoms with Crippen LogP contribution in [0.4, 0.5) is 0 Å². The summed E-state index contributed by atoms with van der Waals surface area (Å²) in [6.07, 6.45) is 28.3. The Hall–Kier alpha value is -1.07. The molecule has 7 unspecified atom stereocenters. The van der Waals surface area contributed by atoms with Crippen LogP contribution in [0.2, 0.25) is 0 Å². The predicted molar refractivity (Wildman–Crippen MR) is 203 cm³/mol. The molecule has 0 aromatic heterocycles. The smallest absolute Gasteiger partial charge is 0.220 e. The summed E-state index contributed by atoms with van der Waals surface area (Å²) >= 11 is 0. The van der Waals surface area contributed by atoms with Gasteiger partial charge < -0.3 is 40.3 Å². The van der Waals surface area contributed by atoms with Crippen LogP contribution in [0.5, 0.6) is 0 Å². The van der Waals surface area contributed by atoms with E-state index < -0.39 is 49.5 Å². The molecule has 50 heavy (non-hydrogen) atoms. The van der Waals surface area contributed by atoms with E-state index in [1.807, 2.05) is 6.08 Å². The van der Waals surface area contributed by atoms with Crippen molar-refractivity contribution in [3.63, 3.8) is 0 Å². The van der Waals surface area contributed by atoms with Gasteiger partial charge in [-0.1, -0.05) is 174 Å². The van der Waals surface area contributed by atoms with Gasteiger partial charge in [-0.3, -0.25) is 4.79 Å². The fourth-order valence-corrected chi connectivity index (χ4v) is 6.68. The van der Waals surface area contributed by atoms with Gasteiger partial charge in [-0.25, -0.2) is 0 Å². The molecule has 0 spiro atoms. The van der Waals surface area contributed by atoms with E-state index in [4.69, 9.17) is 9.47 Å². The van der Waals surface area contributed by atoms with Crippen LogP contribution in [-0.4, -0.2) is 87.5 Å². The third kappa shape index (κ3) is 23.5. The first kappa shape index (κ1) is 47.0. The Balaban J connectivity index is 2.37. The van der Waals surface area contributed by atoms with Gasteiger partial charge in [-0.2, -0.15) is 0 Å². The number of amides is 1. The number of nitrogens with one attached hydrogen (secondary N) is 1. The van der Waals surface area contributed by atoms with Gasteiger partial charge in [0.1, 0.15) is 24.4 Å². The highest BCUT2D eigenvalue weighted by Gasteiger charge is 2.44. The summed E-state index contributed by atoms with van der Waals surface area (Å²) in [5.41, 5.74) is 0. The Bertz CT molecular complexity index is 797. The summed E-state index contributed by atoms with van der Waals surface area (Å²) in [7, 11) is 0. The van der Waals surface area contributed by atoms with Crippen LogP contribution in [0.15, 0.2) is 12.2 Å². The molecule has 1 aliphatic heterocycles. The Morgan fingerprint density at radius 1 is 0.660 bits per heavy atom. The normalized spacial score (nSPS) is 22.3. The number of allylic oxidation sites excluding steroid dienone is 1. The fraction of sp³-hybridized carbons (Fsp3) is 0.927. The molecule has 0 bridgehead atoms. The zero-order valence-corrected chi connectivity index (χ0v) is 32.2. The third-order valence-corrected chi connectivity index (χ3v) is 10.1. The van der Waals surface area contributed by atoms with Gasteiger partial charge in [0.05, 0.1) is 25.4 Å². The van der Waals surface area contributed by atoms with Crippen LogP contribution in [-0.2, 0) is 14.3 Å². The minimum atomic E-state index is -1.56. The topological polar surface area (TPSA) is 149 Å². The maximum absolute atomic E-state index is 12.8. The second-order valence-corrected chi connectivity index (χ2v) is 14.8. The molecule has 6 N–H and O–H groups in total. The zero-order chi connectivity index (χ0) is 36.7. The highest BCUT2D eigenvalue weighted by Crippen LogP contribution is 2.22. The maximum Gasteiger partial charge on any atom is 0.220 e. The van der Waals surface area contributed by atoms with Crippen LogP contribution in [0.3, 0.4) is 0 Å². The molecule has 0 aromatic rings. The fourth-order valence-electron chi connectivity index (χ4n) is 6.68. The lowest BCUT2D eigenvalue weighted by Crippen LogP contribution is -2.60. The van der Waals surface area contributed by atoms with Crippen LogP contribution in [0, 0.1) is 0 Å². The van der Waals surface area contributed by atoms with Crippen LogP contribution < -0.4 is 5.32 Å². The molecule has 1 heterocycles. The number of carbonyl (C=O) groups is 1. The van der Waals surface area contributed by atoms with E-state index in [0.717, 1.165) is 38.5 Å². The summed E-state index contributed by atoms with van der Waals surface area (Å²) in [6.45, 7) is 3.74. The van der Waals surface area contributed by atoms with Crippen molar-refractivity contribution in [2.75, 3.05) is 13.2 Å². The highest BCUT2D eigenvalue weighted by atomic mass is 16.7. The van der Waals surface area contributed by atoms with Crippen LogP contribution in [0.25, 0.3) is 0 Å². The Morgan fingerprint density at radius 3 is 1.56 bits per heavy atom. The van der Waals surface area contributed by atoms with Gasteiger partial charge in [0, 0.05) is 6.42 Å². The van der Waals surface area contributed by atoms with Gasteiger partial charge in [-0.15, -0.1) is 0 Å². The van der Waals surface area contributed by atoms with Crippen molar-refractivity contribution in [2.45, 2.75) is 230 Å². The van der Waals surface area contributed by atoms with Crippen molar-refractivity contribution < 1.29 is 39.8 Å². The Labute approximate surface area is 306 Å². The molecule has 1 aliphatic rings. The lowest BCUT2D eigenvalue weighted by atomic mass is 9.99. The van der Waals surface area contributed by atoms with Gasteiger partial charge >= 0.3 is 0 Å². The number of aliphatic hydroxyl groups is 5. The minimum absolute atomic E-state index is 0.180. The predicted octanol–water partition coefficient (Wildman–Crippen LogP) is 7.78. The van der Waals surface area contributed by atoms with E-state index in [1.165, 1.54) is 128 Å². The molecule has 296 valence electrons. The quantitative estimate of drug-likeness (QED) is 0.0293. The lowest BCUT2D eigenvalue weighted by Gasteiger charge is -2.40. The van der Waals surface area contributed by atoms with E-state index in [2.05, 4.69) is 19.2 Å². The van der Waals surface area contributed by atoms with E-state index in [1.54, 1.807) is 6.08 Å². The first-order valence-electron chi connectivity index (χ1n) is 20.9. The second-order valence-electron chi connectivity index (χ2n) is 14.8. The summed E-state index contributed by atoms with van der Waals surface area (Å²) in [5.74, 6) is -0.180. The number of unbranched alkanes of at least 4 members (excludes halogenated alkanes) is 24. The molecule has 7 atom stereocenters. The van der Waals surface area contributed by atoms with E-state index in [9.17, 15) is 30.3 Å². The Kier molecular flexibility index (Phi) is 30.6. The van der Waals surface area contributed by atoms with Crippen molar-refractivity contribution >= 4 is 5.91 Å². The molecule has 0 saturated carbocycles. The molecule has 0 radical (unpaired) electrons. The summed E-state index contributed by atoms with van der Waals surface area (Å²) in [4.78, 5) is 12.8. The summed E-state index contributed by atoms with van der Waals surface area (Å²) in [6, 6.07) is -0.796. The van der Waals surface area contributed by atoms with Crippen molar-refractivity contribution in [2.24, 2.45) is 0 Å². The van der Waals surface area contributed by atoms with Gasteiger partial charge in [0.15, 0.2) is 6.29 Å². The number of rotatable bonds is 34. The molecule has 1 fully saturated rings. The molecule has 9 heteroatoms. The van der Waals surface area contributed by atoms with Gasteiger partial charge in [-0.05, 0) is 19.3 Å². The average molecular weight is 714 g/mol. The first-order chi connectivity index (χ1) is 24.3. The maximum atomic E-state index is 12.8. The molecular weight excluding hydrogens is 634 g/mol. The SMILES string of the molecule is CCCCCCCCCCCCCCCCCC/C=C/C(O)C(COC1OC(CO)C(O)C(O)C1O)NC(=O)CCCCCCCCCCC. The molecule has 1 saturated heterocycles. The Morgan fingerprint density at radius 2 is 1.10 bits per heavy atom. The van der Waals surface area contributed by atoms with Crippen LogP contribution >= 0.6 is 0 Å². The molecular formula is C41H79NO8. The number of aliphatic hydroxyl groups excluding tert-OH is 5. The van der Waals surface area contributed by atoms with E-state index >= 15 is 0 Å². The third-order valence-electron chi connectivity index (χ3n) is 10.1. The number of hydrogen-bond donors (Lipinski definition) is 6. The minimum Gasteiger partial charge on any atom is -0.394 e. The molecule has 9 nitrogen and oxygen atoms in total. The number of ether oxygens (including phenoxy) is 2. The van der Waals surface area contributed by atoms with Gasteiger partial charge in [0.2, 0.25) is 5.91 Å². The standard InChI is InChI=1S/C41H79NO8/c1-3-5-7-9-11-13-14-15-16-17-18-19-20-21-23-24-26-28-30-35(44)34(33-49-41-40(48)39(47)38(46)36(32-43)50-41)42-37(45)31-29-27-25-22-12-10-8-6-4-2/h28,30,34-36,38-41,43-44,46-48H,3-27,29,31-33H2,1-2H3,(H,42,45)/b30-28+. The zero-order valence-electron chi connectivity index (χ0n) is 32.2. The molecule has 1 amide bonds. The lowest BCUT2D eigenvalue weighted by molar-refractivity contribution is -0.302. The summed E-state index contributed by atoms with van der Waals surface area (Å²) < 4.78 is 11.2. The largest absolute Gasteiger partial charge is 0.394 e. The van der Waals surface area contributed by atoms with E-state index in [0.29, 0.717) is 6.42 Å². The number of carbonyl (C=O) groups excluding carboxylic acids is 1. The molecule has 0 aromatic carbocycles. The number of hydrogen-bond acceptors (Lipinski definition) is 8. The highest BCUT2D eigenvalue weighted by molar-refractivity contribution is 5.76. The van der Waals surface area contributed by atoms with Crippen molar-refractivity contribution in [3.05, 3.63) is 12.2 Å².